The van der Waals surface area contributed by atoms with Crippen molar-refractivity contribution in [3.05, 3.63) is 35.1 Å². The average molecular weight is 336 g/mol. The van der Waals surface area contributed by atoms with Crippen molar-refractivity contribution in [1.82, 2.24) is 19.9 Å². The van der Waals surface area contributed by atoms with Gasteiger partial charge in [-0.25, -0.2) is 0 Å². The van der Waals surface area contributed by atoms with Gasteiger partial charge in [0.15, 0.2) is 16.7 Å². The van der Waals surface area contributed by atoms with Crippen molar-refractivity contribution in [3.8, 4) is 10.6 Å². The van der Waals surface area contributed by atoms with Gasteiger partial charge >= 0.3 is 0 Å². The fourth-order valence-electron chi connectivity index (χ4n) is 2.04. The molecule has 1 N–H and O–H groups in total. The Labute approximate surface area is 136 Å². The summed E-state index contributed by atoms with van der Waals surface area (Å²) < 4.78 is 7.32. The van der Waals surface area contributed by atoms with Crippen molar-refractivity contribution in [2.75, 3.05) is 0 Å². The monoisotopic (exact) mass is 336 g/mol. The fourth-order valence-corrected chi connectivity index (χ4v) is 3.58. The minimum absolute atomic E-state index is 0.0972. The van der Waals surface area contributed by atoms with E-state index >= 15 is 0 Å². The number of hydrogen-bond acceptors (Lipinski definition) is 7. The third-order valence-corrected chi connectivity index (χ3v) is 4.94. The summed E-state index contributed by atoms with van der Waals surface area (Å²) in [5.41, 5.74) is 0.866. The van der Waals surface area contributed by atoms with E-state index in [1.807, 2.05) is 28.1 Å². The Kier molecular flexibility index (Phi) is 4.91. The molecule has 0 aliphatic rings. The zero-order valence-electron chi connectivity index (χ0n) is 12.1. The van der Waals surface area contributed by atoms with E-state index in [1.54, 1.807) is 23.1 Å². The van der Waals surface area contributed by atoms with Crippen LogP contribution in [-0.4, -0.2) is 25.0 Å². The van der Waals surface area contributed by atoms with Gasteiger partial charge in [0.25, 0.3) is 0 Å². The summed E-state index contributed by atoms with van der Waals surface area (Å²) >= 11 is 3.17. The summed E-state index contributed by atoms with van der Waals surface area (Å²) in [6.07, 6.45) is 0.963. The zero-order valence-corrected chi connectivity index (χ0v) is 13.7. The van der Waals surface area contributed by atoms with Crippen LogP contribution >= 0.6 is 23.1 Å². The van der Waals surface area contributed by atoms with Crippen LogP contribution in [0.4, 0.5) is 0 Å². The zero-order chi connectivity index (χ0) is 15.4. The topological polar surface area (TPSA) is 77.0 Å². The molecule has 0 amide bonds. The minimum atomic E-state index is -0.0972. The molecule has 0 bridgehead atoms. The summed E-state index contributed by atoms with van der Waals surface area (Å²) in [6, 6.07) is 5.94. The maximum absolute atomic E-state index is 9.29. The molecule has 6 nitrogen and oxygen atoms in total. The van der Waals surface area contributed by atoms with Crippen LogP contribution in [0.15, 0.2) is 33.3 Å². The third kappa shape index (κ3) is 3.23. The number of rotatable bonds is 7. The van der Waals surface area contributed by atoms with Gasteiger partial charge in [-0.2, -0.15) is 0 Å². The molecule has 0 atom stereocenters. The van der Waals surface area contributed by atoms with E-state index in [2.05, 4.69) is 22.3 Å². The summed E-state index contributed by atoms with van der Waals surface area (Å²) in [7, 11) is 0. The highest BCUT2D eigenvalue weighted by atomic mass is 32.2. The van der Waals surface area contributed by atoms with Gasteiger partial charge in [0.2, 0.25) is 0 Å². The summed E-state index contributed by atoms with van der Waals surface area (Å²) in [5.74, 6) is 2.04. The van der Waals surface area contributed by atoms with Crippen LogP contribution in [0.25, 0.3) is 10.6 Å². The average Bonchev–Trinajstić information content (AvgIpc) is 3.26. The first kappa shape index (κ1) is 15.3. The summed E-state index contributed by atoms with van der Waals surface area (Å²) in [4.78, 5) is 1.07. The maximum Gasteiger partial charge on any atom is 0.191 e. The number of nitrogens with zero attached hydrogens (tertiary/aromatic N) is 4. The lowest BCUT2D eigenvalue weighted by Crippen LogP contribution is -2.04. The maximum atomic E-state index is 9.29. The highest BCUT2D eigenvalue weighted by Crippen LogP contribution is 2.28. The number of aliphatic hydroxyl groups is 1. The molecule has 3 rings (SSSR count). The van der Waals surface area contributed by atoms with Crippen LogP contribution in [0.2, 0.25) is 0 Å². The predicted octanol–water partition coefficient (Wildman–Crippen LogP) is 3.19. The molecule has 0 unspecified atom stereocenters. The Morgan fingerprint density at radius 2 is 2.32 bits per heavy atom. The van der Waals surface area contributed by atoms with Crippen LogP contribution in [0.5, 0.6) is 0 Å². The molecular weight excluding hydrogens is 320 g/mol. The Hall–Kier alpha value is -1.64. The summed E-state index contributed by atoms with van der Waals surface area (Å²) in [6.45, 7) is 2.78. The Morgan fingerprint density at radius 1 is 1.41 bits per heavy atom. The second-order valence-corrected chi connectivity index (χ2v) is 6.55. The van der Waals surface area contributed by atoms with Crippen LogP contribution in [0.1, 0.15) is 24.9 Å². The van der Waals surface area contributed by atoms with Crippen molar-refractivity contribution in [1.29, 1.82) is 0 Å². The first-order valence-electron chi connectivity index (χ1n) is 6.97. The van der Waals surface area contributed by atoms with Gasteiger partial charge < -0.3 is 14.2 Å². The molecule has 116 valence electrons. The van der Waals surface area contributed by atoms with E-state index in [0.29, 0.717) is 11.6 Å². The third-order valence-electron chi connectivity index (χ3n) is 3.05. The molecular formula is C14H16N4O2S2. The van der Waals surface area contributed by atoms with Gasteiger partial charge in [-0.15, -0.1) is 21.5 Å². The molecule has 3 aromatic rings. The van der Waals surface area contributed by atoms with Crippen molar-refractivity contribution >= 4 is 23.1 Å². The first-order valence-corrected chi connectivity index (χ1v) is 8.83. The number of aromatic nitrogens is 4. The van der Waals surface area contributed by atoms with Crippen LogP contribution < -0.4 is 0 Å². The number of aliphatic hydroxyl groups excluding tert-OH is 1. The molecule has 0 aliphatic carbocycles. The van der Waals surface area contributed by atoms with E-state index in [0.717, 1.165) is 34.5 Å². The van der Waals surface area contributed by atoms with Crippen LogP contribution in [0, 0.1) is 0 Å². The second kappa shape index (κ2) is 7.08. The summed E-state index contributed by atoms with van der Waals surface area (Å²) in [5, 5.41) is 24.3. The lowest BCUT2D eigenvalue weighted by Gasteiger charge is -2.06. The molecule has 8 heteroatoms. The van der Waals surface area contributed by atoms with E-state index in [9.17, 15) is 5.11 Å². The van der Waals surface area contributed by atoms with Crippen LogP contribution in [-0.2, 0) is 18.9 Å². The SMILES string of the molecule is CCCn1c(CO)nnc1SCc1cc(-c2cccs2)on1. The minimum Gasteiger partial charge on any atom is -0.388 e. The van der Waals surface area contributed by atoms with Crippen molar-refractivity contribution in [3.63, 3.8) is 0 Å². The van der Waals surface area contributed by atoms with E-state index in [1.165, 1.54) is 0 Å². The lowest BCUT2D eigenvalue weighted by molar-refractivity contribution is 0.263. The van der Waals surface area contributed by atoms with E-state index in [4.69, 9.17) is 4.52 Å². The van der Waals surface area contributed by atoms with Gasteiger partial charge in [0.1, 0.15) is 6.61 Å². The lowest BCUT2D eigenvalue weighted by atomic mass is 10.3. The highest BCUT2D eigenvalue weighted by molar-refractivity contribution is 7.98. The van der Waals surface area contributed by atoms with Crippen LogP contribution in [0.3, 0.4) is 0 Å². The molecule has 0 saturated heterocycles. The smallest absolute Gasteiger partial charge is 0.191 e. The van der Waals surface area contributed by atoms with Gasteiger partial charge in [0.05, 0.1) is 10.6 Å². The highest BCUT2D eigenvalue weighted by Gasteiger charge is 2.13. The van der Waals surface area contributed by atoms with Crippen molar-refractivity contribution in [2.24, 2.45) is 0 Å². The predicted molar refractivity (Wildman–Crippen MR) is 85.6 cm³/mol. The number of hydrogen-bond donors (Lipinski definition) is 1. The quantitative estimate of drug-likeness (QED) is 0.668. The van der Waals surface area contributed by atoms with E-state index < -0.39 is 0 Å². The second-order valence-electron chi connectivity index (χ2n) is 4.66. The van der Waals surface area contributed by atoms with Gasteiger partial charge in [-0.1, -0.05) is 29.9 Å². The Bertz CT molecular complexity index is 721. The molecule has 0 saturated carbocycles. The largest absolute Gasteiger partial charge is 0.388 e. The standard InChI is InChI=1S/C14H16N4O2S2/c1-2-5-18-13(8-19)15-16-14(18)22-9-10-7-11(20-17-10)12-4-3-6-21-12/h3-4,6-7,19H,2,5,8-9H2,1H3. The molecule has 0 fully saturated rings. The fraction of sp³-hybridized carbons (Fsp3) is 0.357. The Balaban J connectivity index is 1.69. The number of thioether (sulfide) groups is 1. The molecule has 3 heterocycles. The number of thiophene rings is 1. The molecule has 0 spiro atoms. The first-order chi connectivity index (χ1) is 10.8. The van der Waals surface area contributed by atoms with Gasteiger partial charge in [-0.3, -0.25) is 0 Å². The van der Waals surface area contributed by atoms with Gasteiger partial charge in [0, 0.05) is 18.4 Å². The molecule has 0 aromatic carbocycles. The van der Waals surface area contributed by atoms with Crippen molar-refractivity contribution < 1.29 is 9.63 Å². The van der Waals surface area contributed by atoms with Crippen molar-refractivity contribution in [2.45, 2.75) is 37.4 Å². The van der Waals surface area contributed by atoms with E-state index in [-0.39, 0.29) is 6.61 Å². The molecule has 3 aromatic heterocycles. The Morgan fingerprint density at radius 3 is 3.05 bits per heavy atom. The molecule has 0 aliphatic heterocycles. The van der Waals surface area contributed by atoms with Gasteiger partial charge in [-0.05, 0) is 17.9 Å². The molecule has 0 radical (unpaired) electrons. The normalized spacial score (nSPS) is 11.2. The molecule has 22 heavy (non-hydrogen) atoms.